The molecule has 2 aliphatic heterocycles. The van der Waals surface area contributed by atoms with Gasteiger partial charge >= 0.3 is 0 Å². The van der Waals surface area contributed by atoms with E-state index in [-0.39, 0.29) is 24.1 Å². The first kappa shape index (κ1) is 19.2. The summed E-state index contributed by atoms with van der Waals surface area (Å²) in [4.78, 5) is 15.4. The number of amides is 1. The maximum atomic E-state index is 13.3. The molecule has 4 rings (SSSR count). The lowest BCUT2D eigenvalue weighted by Gasteiger charge is -2.35. The number of hydrogen-bond donors (Lipinski definition) is 1. The number of piperidine rings is 1. The number of hydrazone groups is 1. The molecule has 0 bridgehead atoms. The molecule has 28 heavy (non-hydrogen) atoms. The number of aliphatic hydroxyl groups excluding tert-OH is 1. The highest BCUT2D eigenvalue weighted by atomic mass is 35.5. The average molecular weight is 402 g/mol. The predicted octanol–water partition coefficient (Wildman–Crippen LogP) is 3.46. The minimum atomic E-state index is -0.307. The fourth-order valence-electron chi connectivity index (χ4n) is 3.85. The maximum absolute atomic E-state index is 13.3. The molecule has 0 aliphatic carbocycles. The molecule has 1 amide bonds. The monoisotopic (exact) mass is 401 g/mol. The lowest BCUT2D eigenvalue weighted by atomic mass is 10.0. The number of aliphatic hydroxyl groups is 1. The van der Waals surface area contributed by atoms with Crippen LogP contribution >= 0.6 is 11.6 Å². The van der Waals surface area contributed by atoms with Gasteiger partial charge in [-0.15, -0.1) is 0 Å². The van der Waals surface area contributed by atoms with E-state index in [2.05, 4.69) is 10.0 Å². The molecule has 2 aliphatic rings. The minimum Gasteiger partial charge on any atom is -0.467 e. The van der Waals surface area contributed by atoms with Crippen LogP contribution in [0.1, 0.15) is 43.6 Å². The zero-order valence-electron chi connectivity index (χ0n) is 15.8. The second-order valence-electron chi connectivity index (χ2n) is 7.41. The second kappa shape index (κ2) is 8.07. The number of carbonyl (C=O) groups excluding carboxylic acids is 1. The SMILES string of the molecule is C[C@H](C(=O)N1N=C(c2ccc(Cl)cc2)C[C@@H]1c1ccco1)N1CCC(O)CC1. The van der Waals surface area contributed by atoms with Gasteiger partial charge in [0.05, 0.1) is 24.1 Å². The molecular weight excluding hydrogens is 378 g/mol. The molecule has 1 N–H and O–H groups in total. The van der Waals surface area contributed by atoms with Crippen molar-refractivity contribution in [2.24, 2.45) is 5.10 Å². The molecule has 6 nitrogen and oxygen atoms in total. The van der Waals surface area contributed by atoms with Gasteiger partial charge in [-0.2, -0.15) is 5.10 Å². The highest BCUT2D eigenvalue weighted by Crippen LogP contribution is 2.34. The predicted molar refractivity (Wildman–Crippen MR) is 107 cm³/mol. The molecule has 0 spiro atoms. The van der Waals surface area contributed by atoms with Gasteiger partial charge < -0.3 is 9.52 Å². The summed E-state index contributed by atoms with van der Waals surface area (Å²) in [5.41, 5.74) is 1.79. The third-order valence-corrected chi connectivity index (χ3v) is 5.84. The Kier molecular flexibility index (Phi) is 5.53. The molecule has 7 heteroatoms. The van der Waals surface area contributed by atoms with Crippen molar-refractivity contribution in [1.29, 1.82) is 0 Å². The smallest absolute Gasteiger partial charge is 0.260 e. The van der Waals surface area contributed by atoms with Crippen LogP contribution in [0.15, 0.2) is 52.2 Å². The van der Waals surface area contributed by atoms with Gasteiger partial charge in [0.15, 0.2) is 0 Å². The molecule has 2 atom stereocenters. The Hall–Kier alpha value is -2.15. The molecule has 1 fully saturated rings. The minimum absolute atomic E-state index is 0.0539. The number of halogens is 1. The van der Waals surface area contributed by atoms with Gasteiger partial charge in [0.2, 0.25) is 0 Å². The molecular formula is C21H24ClN3O3. The number of rotatable bonds is 4. The topological polar surface area (TPSA) is 69.3 Å². The number of carbonyl (C=O) groups is 1. The van der Waals surface area contributed by atoms with Gasteiger partial charge in [0.1, 0.15) is 11.8 Å². The highest BCUT2D eigenvalue weighted by Gasteiger charge is 2.38. The van der Waals surface area contributed by atoms with Crippen LogP contribution in [0, 0.1) is 0 Å². The van der Waals surface area contributed by atoms with Gasteiger partial charge in [-0.05, 0) is 49.6 Å². The van der Waals surface area contributed by atoms with Gasteiger partial charge in [-0.1, -0.05) is 23.7 Å². The van der Waals surface area contributed by atoms with E-state index in [1.165, 1.54) is 0 Å². The lowest BCUT2D eigenvalue weighted by molar-refractivity contribution is -0.139. The van der Waals surface area contributed by atoms with E-state index in [4.69, 9.17) is 16.0 Å². The molecule has 1 aromatic carbocycles. The van der Waals surface area contributed by atoms with E-state index in [0.717, 1.165) is 17.0 Å². The van der Waals surface area contributed by atoms with Gasteiger partial charge in [0, 0.05) is 24.5 Å². The summed E-state index contributed by atoms with van der Waals surface area (Å²) in [6.45, 7) is 3.33. The molecule has 0 unspecified atom stereocenters. The summed E-state index contributed by atoms with van der Waals surface area (Å²) in [6, 6.07) is 10.6. The van der Waals surface area contributed by atoms with Crippen molar-refractivity contribution >= 4 is 23.2 Å². The summed E-state index contributed by atoms with van der Waals surface area (Å²) in [5.74, 6) is 0.670. The standard InChI is InChI=1S/C21H24ClN3O3/c1-14(24-10-8-17(26)9-11-24)21(27)25-19(20-3-2-12-28-20)13-18(23-25)15-4-6-16(22)7-5-15/h2-7,12,14,17,19,26H,8-11,13H2,1H3/t14-,19-/m1/s1. The van der Waals surface area contributed by atoms with Crippen LogP contribution in [0.25, 0.3) is 0 Å². The van der Waals surface area contributed by atoms with Crippen molar-refractivity contribution in [3.8, 4) is 0 Å². The van der Waals surface area contributed by atoms with Crippen LogP contribution in [0.3, 0.4) is 0 Å². The maximum Gasteiger partial charge on any atom is 0.260 e. The molecule has 3 heterocycles. The van der Waals surface area contributed by atoms with Crippen LogP contribution in [0.2, 0.25) is 5.02 Å². The summed E-state index contributed by atoms with van der Waals surface area (Å²) < 4.78 is 5.61. The Bertz CT molecular complexity index is 842. The summed E-state index contributed by atoms with van der Waals surface area (Å²) >= 11 is 6.00. The number of benzene rings is 1. The number of nitrogens with zero attached hydrogens (tertiary/aromatic N) is 3. The van der Waals surface area contributed by atoms with Crippen molar-refractivity contribution < 1.29 is 14.3 Å². The third-order valence-electron chi connectivity index (χ3n) is 5.59. The van der Waals surface area contributed by atoms with E-state index < -0.39 is 0 Å². The Labute approximate surface area is 169 Å². The molecule has 0 radical (unpaired) electrons. The molecule has 1 aromatic heterocycles. The normalized spacial score (nSPS) is 22.3. The Morgan fingerprint density at radius 1 is 1.25 bits per heavy atom. The summed E-state index contributed by atoms with van der Waals surface area (Å²) in [5, 5.41) is 16.7. The van der Waals surface area contributed by atoms with Gasteiger partial charge in [-0.3, -0.25) is 9.69 Å². The number of hydrogen-bond acceptors (Lipinski definition) is 5. The molecule has 0 saturated carbocycles. The molecule has 2 aromatic rings. The lowest BCUT2D eigenvalue weighted by Crippen LogP contribution is -2.49. The van der Waals surface area contributed by atoms with Crippen LogP contribution in [0.4, 0.5) is 0 Å². The number of furan rings is 1. The summed E-state index contributed by atoms with van der Waals surface area (Å²) in [6.07, 6.45) is 3.33. The first-order valence-corrected chi connectivity index (χ1v) is 10.0. The fraction of sp³-hybridized carbons (Fsp3) is 0.429. The average Bonchev–Trinajstić information content (AvgIpc) is 3.38. The largest absolute Gasteiger partial charge is 0.467 e. The molecule has 1 saturated heterocycles. The van der Waals surface area contributed by atoms with Crippen LogP contribution in [-0.2, 0) is 4.79 Å². The highest BCUT2D eigenvalue weighted by molar-refractivity contribution is 6.30. The van der Waals surface area contributed by atoms with Crippen molar-refractivity contribution in [3.63, 3.8) is 0 Å². The van der Waals surface area contributed by atoms with E-state index >= 15 is 0 Å². The van der Waals surface area contributed by atoms with Crippen LogP contribution in [0.5, 0.6) is 0 Å². The Morgan fingerprint density at radius 3 is 2.61 bits per heavy atom. The number of likely N-dealkylation sites (tertiary alicyclic amines) is 1. The van der Waals surface area contributed by atoms with Crippen LogP contribution in [-0.4, -0.2) is 51.9 Å². The quantitative estimate of drug-likeness (QED) is 0.851. The fourth-order valence-corrected chi connectivity index (χ4v) is 3.98. The molecule has 148 valence electrons. The van der Waals surface area contributed by atoms with E-state index in [9.17, 15) is 9.90 Å². The third kappa shape index (κ3) is 3.85. The van der Waals surface area contributed by atoms with E-state index in [1.54, 1.807) is 11.3 Å². The Morgan fingerprint density at radius 2 is 1.96 bits per heavy atom. The van der Waals surface area contributed by atoms with Crippen molar-refractivity contribution in [1.82, 2.24) is 9.91 Å². The van der Waals surface area contributed by atoms with E-state index in [1.807, 2.05) is 43.3 Å². The second-order valence-corrected chi connectivity index (χ2v) is 7.85. The first-order valence-electron chi connectivity index (χ1n) is 9.65. The summed E-state index contributed by atoms with van der Waals surface area (Å²) in [7, 11) is 0. The van der Waals surface area contributed by atoms with Crippen molar-refractivity contribution in [2.75, 3.05) is 13.1 Å². The Balaban J connectivity index is 1.58. The van der Waals surface area contributed by atoms with Crippen LogP contribution < -0.4 is 0 Å². The van der Waals surface area contributed by atoms with Gasteiger partial charge in [-0.25, -0.2) is 5.01 Å². The van der Waals surface area contributed by atoms with Crippen molar-refractivity contribution in [2.45, 2.75) is 44.4 Å². The van der Waals surface area contributed by atoms with E-state index in [0.29, 0.717) is 37.4 Å². The van der Waals surface area contributed by atoms with Crippen molar-refractivity contribution in [3.05, 3.63) is 59.0 Å². The zero-order chi connectivity index (χ0) is 19.7. The zero-order valence-corrected chi connectivity index (χ0v) is 16.5. The van der Waals surface area contributed by atoms with Gasteiger partial charge in [0.25, 0.3) is 5.91 Å². The first-order chi connectivity index (χ1) is 13.5.